The topological polar surface area (TPSA) is 67.1 Å². The molecule has 106 valence electrons. The van der Waals surface area contributed by atoms with Crippen LogP contribution in [0.3, 0.4) is 0 Å². The van der Waals surface area contributed by atoms with Gasteiger partial charge in [-0.25, -0.2) is 0 Å². The number of hydrogen-bond donors (Lipinski definition) is 3. The lowest BCUT2D eigenvalue weighted by atomic mass is 10.0. The Bertz CT molecular complexity index is 452. The number of thiophene rings is 1. The summed E-state index contributed by atoms with van der Waals surface area (Å²) >= 11 is 1.45. The number of anilines is 2. The lowest BCUT2D eigenvalue weighted by molar-refractivity contribution is 0.0960. The molecule has 1 aromatic rings. The van der Waals surface area contributed by atoms with E-state index in [0.29, 0.717) is 22.5 Å². The zero-order valence-corrected chi connectivity index (χ0v) is 12.5. The van der Waals surface area contributed by atoms with Gasteiger partial charge in [0.1, 0.15) is 4.88 Å². The van der Waals surface area contributed by atoms with Crippen molar-refractivity contribution in [1.82, 2.24) is 5.32 Å². The van der Waals surface area contributed by atoms with Gasteiger partial charge in [0.15, 0.2) is 0 Å². The van der Waals surface area contributed by atoms with Crippen LogP contribution in [0.25, 0.3) is 0 Å². The van der Waals surface area contributed by atoms with Gasteiger partial charge in [-0.2, -0.15) is 0 Å². The molecule has 1 heterocycles. The Kier molecular flexibility index (Phi) is 4.34. The normalized spacial score (nSPS) is 16.1. The summed E-state index contributed by atoms with van der Waals surface area (Å²) in [5.41, 5.74) is 6.96. The molecule has 19 heavy (non-hydrogen) atoms. The highest BCUT2D eigenvalue weighted by Gasteiger charge is 2.41. The van der Waals surface area contributed by atoms with Crippen LogP contribution < -0.4 is 16.4 Å². The molecule has 0 aromatic carbocycles. The second-order valence-corrected chi connectivity index (χ2v) is 6.41. The second kappa shape index (κ2) is 5.82. The van der Waals surface area contributed by atoms with Crippen molar-refractivity contribution in [3.8, 4) is 0 Å². The number of rotatable bonds is 7. The molecule has 0 atom stereocenters. The minimum atomic E-state index is -0.0762. The third kappa shape index (κ3) is 3.41. The Hall–Kier alpha value is -1.23. The molecule has 2 rings (SSSR count). The van der Waals surface area contributed by atoms with Crippen molar-refractivity contribution in [2.24, 2.45) is 5.41 Å². The van der Waals surface area contributed by atoms with E-state index in [9.17, 15) is 4.79 Å². The van der Waals surface area contributed by atoms with Crippen LogP contribution in [-0.2, 0) is 0 Å². The molecule has 0 aliphatic heterocycles. The largest absolute Gasteiger partial charge is 0.397 e. The molecular weight excluding hydrogens is 258 g/mol. The zero-order valence-electron chi connectivity index (χ0n) is 11.7. The van der Waals surface area contributed by atoms with Crippen molar-refractivity contribution in [3.63, 3.8) is 0 Å². The smallest absolute Gasteiger partial charge is 0.263 e. The van der Waals surface area contributed by atoms with Gasteiger partial charge >= 0.3 is 0 Å². The molecular formula is C14H23N3OS. The lowest BCUT2D eigenvalue weighted by Gasteiger charge is -2.14. The highest BCUT2D eigenvalue weighted by atomic mass is 32.1. The molecule has 1 aliphatic carbocycles. The highest BCUT2D eigenvalue weighted by Crippen LogP contribution is 2.49. The average Bonchev–Trinajstić information content (AvgIpc) is 3.03. The van der Waals surface area contributed by atoms with Crippen LogP contribution in [0.15, 0.2) is 6.07 Å². The molecule has 0 spiro atoms. The maximum Gasteiger partial charge on any atom is 0.263 e. The number of nitrogens with two attached hydrogens (primary N) is 1. The first kappa shape index (κ1) is 14.2. The number of hydrogen-bond acceptors (Lipinski definition) is 4. The summed E-state index contributed by atoms with van der Waals surface area (Å²) in [6.45, 7) is 5.76. The number of nitrogen functional groups attached to an aromatic ring is 1. The van der Waals surface area contributed by atoms with Crippen LogP contribution in [-0.4, -0.2) is 19.0 Å². The third-order valence-corrected chi connectivity index (χ3v) is 4.79. The SMILES string of the molecule is CCCC1(CNc2cc(N)c(C(=O)NCC)s2)CC1. The monoisotopic (exact) mass is 281 g/mol. The standard InChI is InChI=1S/C14H23N3OS/c1-3-5-14(6-7-14)9-17-11-8-10(15)12(19-11)13(18)16-4-2/h8,17H,3-7,9,15H2,1-2H3,(H,16,18). The molecule has 0 radical (unpaired) electrons. The molecule has 1 aromatic heterocycles. The Morgan fingerprint density at radius 1 is 1.47 bits per heavy atom. The summed E-state index contributed by atoms with van der Waals surface area (Å²) < 4.78 is 0. The first-order valence-corrected chi connectivity index (χ1v) is 7.83. The maximum absolute atomic E-state index is 11.8. The van der Waals surface area contributed by atoms with Crippen molar-refractivity contribution >= 4 is 27.9 Å². The fourth-order valence-electron chi connectivity index (χ4n) is 2.41. The number of carbonyl (C=O) groups is 1. The summed E-state index contributed by atoms with van der Waals surface area (Å²) in [6, 6.07) is 1.87. The van der Waals surface area contributed by atoms with Crippen LogP contribution in [0.5, 0.6) is 0 Å². The van der Waals surface area contributed by atoms with E-state index in [-0.39, 0.29) is 5.91 Å². The summed E-state index contributed by atoms with van der Waals surface area (Å²) in [5.74, 6) is -0.0762. The van der Waals surface area contributed by atoms with E-state index in [2.05, 4.69) is 17.6 Å². The predicted molar refractivity (Wildman–Crippen MR) is 81.8 cm³/mol. The van der Waals surface area contributed by atoms with E-state index in [1.54, 1.807) is 0 Å². The molecule has 1 aliphatic rings. The summed E-state index contributed by atoms with van der Waals surface area (Å²) in [6.07, 6.45) is 5.15. The molecule has 5 heteroatoms. The lowest BCUT2D eigenvalue weighted by Crippen LogP contribution is -2.22. The Balaban J connectivity index is 1.95. The van der Waals surface area contributed by atoms with Gasteiger partial charge in [0.2, 0.25) is 0 Å². The van der Waals surface area contributed by atoms with Crippen molar-refractivity contribution in [1.29, 1.82) is 0 Å². The van der Waals surface area contributed by atoms with Crippen molar-refractivity contribution in [2.45, 2.75) is 39.5 Å². The number of carbonyl (C=O) groups excluding carboxylic acids is 1. The van der Waals surface area contributed by atoms with Crippen LogP contribution in [0.2, 0.25) is 0 Å². The highest BCUT2D eigenvalue weighted by molar-refractivity contribution is 7.18. The molecule has 0 bridgehead atoms. The van der Waals surface area contributed by atoms with E-state index in [1.165, 1.54) is 37.0 Å². The summed E-state index contributed by atoms with van der Waals surface area (Å²) in [5, 5.41) is 7.23. The zero-order chi connectivity index (χ0) is 13.9. The second-order valence-electron chi connectivity index (χ2n) is 5.36. The van der Waals surface area contributed by atoms with E-state index in [4.69, 9.17) is 5.73 Å². The molecule has 1 saturated carbocycles. The summed E-state index contributed by atoms with van der Waals surface area (Å²) in [7, 11) is 0. The average molecular weight is 281 g/mol. The van der Waals surface area contributed by atoms with Gasteiger partial charge in [-0.1, -0.05) is 13.3 Å². The Labute approximate surface area is 118 Å². The molecule has 0 saturated heterocycles. The van der Waals surface area contributed by atoms with Gasteiger partial charge in [0.05, 0.1) is 10.7 Å². The van der Waals surface area contributed by atoms with Crippen molar-refractivity contribution < 1.29 is 4.79 Å². The van der Waals surface area contributed by atoms with Gasteiger partial charge in [-0.15, -0.1) is 11.3 Å². The minimum absolute atomic E-state index is 0.0762. The minimum Gasteiger partial charge on any atom is -0.397 e. The van der Waals surface area contributed by atoms with Gasteiger partial charge in [0, 0.05) is 13.1 Å². The maximum atomic E-state index is 11.8. The Morgan fingerprint density at radius 2 is 2.21 bits per heavy atom. The fraction of sp³-hybridized carbons (Fsp3) is 0.643. The number of nitrogens with one attached hydrogen (secondary N) is 2. The van der Waals surface area contributed by atoms with Gasteiger partial charge in [-0.3, -0.25) is 4.79 Å². The fourth-order valence-corrected chi connectivity index (χ4v) is 3.30. The molecule has 0 unspecified atom stereocenters. The van der Waals surface area contributed by atoms with E-state index in [1.807, 2.05) is 13.0 Å². The van der Waals surface area contributed by atoms with Crippen LogP contribution in [0, 0.1) is 5.41 Å². The van der Waals surface area contributed by atoms with Crippen molar-refractivity contribution in [2.75, 3.05) is 24.1 Å². The molecule has 4 N–H and O–H groups in total. The molecule has 1 fully saturated rings. The van der Waals surface area contributed by atoms with Crippen LogP contribution >= 0.6 is 11.3 Å². The van der Waals surface area contributed by atoms with Gasteiger partial charge in [0.25, 0.3) is 5.91 Å². The van der Waals surface area contributed by atoms with E-state index < -0.39 is 0 Å². The van der Waals surface area contributed by atoms with Crippen molar-refractivity contribution in [3.05, 3.63) is 10.9 Å². The predicted octanol–water partition coefficient (Wildman–Crippen LogP) is 3.07. The van der Waals surface area contributed by atoms with E-state index in [0.717, 1.165) is 11.5 Å². The Morgan fingerprint density at radius 3 is 2.79 bits per heavy atom. The molecule has 1 amide bonds. The quantitative estimate of drug-likeness (QED) is 0.719. The van der Waals surface area contributed by atoms with Crippen LogP contribution in [0.1, 0.15) is 49.2 Å². The van der Waals surface area contributed by atoms with E-state index >= 15 is 0 Å². The molecule has 4 nitrogen and oxygen atoms in total. The summed E-state index contributed by atoms with van der Waals surface area (Å²) in [4.78, 5) is 12.4. The first-order chi connectivity index (χ1) is 9.10. The van der Waals surface area contributed by atoms with Crippen LogP contribution in [0.4, 0.5) is 10.7 Å². The van der Waals surface area contributed by atoms with Gasteiger partial charge in [-0.05, 0) is 37.7 Å². The third-order valence-electron chi connectivity index (χ3n) is 3.68. The first-order valence-electron chi connectivity index (χ1n) is 7.01. The van der Waals surface area contributed by atoms with Gasteiger partial charge < -0.3 is 16.4 Å². The number of amides is 1.